The van der Waals surface area contributed by atoms with Gasteiger partial charge in [0.05, 0.1) is 26.2 Å². The summed E-state index contributed by atoms with van der Waals surface area (Å²) < 4.78 is 5.28. The largest absolute Gasteiger partial charge is 0.378 e. The van der Waals surface area contributed by atoms with Crippen LogP contribution in [-0.2, 0) is 20.7 Å². The monoisotopic (exact) mass is 365 g/mol. The lowest BCUT2D eigenvalue weighted by Gasteiger charge is -2.36. The van der Waals surface area contributed by atoms with Gasteiger partial charge in [-0.3, -0.25) is 14.5 Å². The van der Waals surface area contributed by atoms with Crippen molar-refractivity contribution in [2.75, 3.05) is 59.0 Å². The molecule has 1 aromatic carbocycles. The van der Waals surface area contributed by atoms with E-state index in [1.807, 2.05) is 21.9 Å². The maximum atomic E-state index is 12.4. The Bertz CT molecular complexity index is 594. The molecule has 2 amide bonds. The topological polar surface area (TPSA) is 53.1 Å². The van der Waals surface area contributed by atoms with Crippen LogP contribution in [0.15, 0.2) is 24.3 Å². The number of morpholine rings is 1. The van der Waals surface area contributed by atoms with Crippen LogP contribution in [0.5, 0.6) is 0 Å². The van der Waals surface area contributed by atoms with E-state index in [0.717, 1.165) is 18.7 Å². The van der Waals surface area contributed by atoms with Gasteiger partial charge in [-0.2, -0.15) is 0 Å². The maximum Gasteiger partial charge on any atom is 0.236 e. The zero-order chi connectivity index (χ0) is 17.6. The highest BCUT2D eigenvalue weighted by Gasteiger charge is 2.24. The van der Waals surface area contributed by atoms with Crippen molar-refractivity contribution < 1.29 is 14.3 Å². The molecule has 0 radical (unpaired) electrons. The van der Waals surface area contributed by atoms with Crippen molar-refractivity contribution in [1.82, 2.24) is 14.7 Å². The minimum Gasteiger partial charge on any atom is -0.378 e. The molecule has 3 rings (SSSR count). The van der Waals surface area contributed by atoms with Gasteiger partial charge in [-0.1, -0.05) is 23.7 Å². The van der Waals surface area contributed by atoms with Crippen LogP contribution >= 0.6 is 11.6 Å². The number of benzene rings is 1. The molecule has 2 aliphatic rings. The van der Waals surface area contributed by atoms with Crippen molar-refractivity contribution in [1.29, 1.82) is 0 Å². The minimum atomic E-state index is 0.126. The molecule has 2 fully saturated rings. The Balaban J connectivity index is 1.42. The van der Waals surface area contributed by atoms with E-state index in [0.29, 0.717) is 57.4 Å². The van der Waals surface area contributed by atoms with E-state index < -0.39 is 0 Å². The second-order valence-electron chi connectivity index (χ2n) is 6.45. The lowest BCUT2D eigenvalue weighted by atomic mass is 10.1. The Morgan fingerprint density at radius 1 is 0.880 bits per heavy atom. The fraction of sp³-hybridized carbons (Fsp3) is 0.556. The van der Waals surface area contributed by atoms with Crippen LogP contribution in [0, 0.1) is 0 Å². The van der Waals surface area contributed by atoms with Gasteiger partial charge in [0, 0.05) is 44.3 Å². The summed E-state index contributed by atoms with van der Waals surface area (Å²) in [7, 11) is 0. The number of rotatable bonds is 4. The predicted molar refractivity (Wildman–Crippen MR) is 95.6 cm³/mol. The molecule has 0 saturated carbocycles. The molecule has 2 heterocycles. The van der Waals surface area contributed by atoms with Gasteiger partial charge in [0.1, 0.15) is 0 Å². The molecular formula is C18H24ClN3O3. The summed E-state index contributed by atoms with van der Waals surface area (Å²) in [6.45, 7) is 5.85. The first kappa shape index (κ1) is 18.2. The third kappa shape index (κ3) is 5.17. The fourth-order valence-electron chi connectivity index (χ4n) is 3.15. The van der Waals surface area contributed by atoms with Crippen molar-refractivity contribution in [3.8, 4) is 0 Å². The quantitative estimate of drug-likeness (QED) is 0.795. The summed E-state index contributed by atoms with van der Waals surface area (Å²) >= 11 is 5.87. The van der Waals surface area contributed by atoms with Crippen LogP contribution < -0.4 is 0 Å². The van der Waals surface area contributed by atoms with Crippen LogP contribution in [0.4, 0.5) is 0 Å². The van der Waals surface area contributed by atoms with E-state index in [1.54, 1.807) is 12.1 Å². The van der Waals surface area contributed by atoms with Gasteiger partial charge in [-0.25, -0.2) is 0 Å². The smallest absolute Gasteiger partial charge is 0.236 e. The lowest BCUT2D eigenvalue weighted by molar-refractivity contribution is -0.137. The standard InChI is InChI=1S/C18H24ClN3O3/c19-16-3-1-15(2-4-16)13-17(23)21-7-5-20(6-8-21)14-18(24)22-9-11-25-12-10-22/h1-4H,5-14H2. The van der Waals surface area contributed by atoms with Gasteiger partial charge in [0.2, 0.25) is 11.8 Å². The van der Waals surface area contributed by atoms with Crippen molar-refractivity contribution in [2.45, 2.75) is 6.42 Å². The van der Waals surface area contributed by atoms with E-state index in [1.165, 1.54) is 0 Å². The zero-order valence-corrected chi connectivity index (χ0v) is 15.1. The fourth-order valence-corrected chi connectivity index (χ4v) is 3.27. The molecule has 0 unspecified atom stereocenters. The summed E-state index contributed by atoms with van der Waals surface area (Å²) in [5, 5.41) is 0.676. The van der Waals surface area contributed by atoms with E-state index in [2.05, 4.69) is 4.90 Å². The molecule has 1 aromatic rings. The Morgan fingerprint density at radius 2 is 1.48 bits per heavy atom. The molecule has 0 N–H and O–H groups in total. The first-order chi connectivity index (χ1) is 12.1. The second kappa shape index (κ2) is 8.65. The Morgan fingerprint density at radius 3 is 2.12 bits per heavy atom. The summed E-state index contributed by atoms with van der Waals surface area (Å²) in [5.41, 5.74) is 0.972. The molecule has 0 aliphatic carbocycles. The molecule has 25 heavy (non-hydrogen) atoms. The second-order valence-corrected chi connectivity index (χ2v) is 6.89. The average molecular weight is 366 g/mol. The third-order valence-electron chi connectivity index (χ3n) is 4.72. The van der Waals surface area contributed by atoms with E-state index in [4.69, 9.17) is 16.3 Å². The average Bonchev–Trinajstić information content (AvgIpc) is 2.65. The molecule has 0 atom stereocenters. The van der Waals surface area contributed by atoms with Crippen molar-refractivity contribution in [3.63, 3.8) is 0 Å². The predicted octanol–water partition coefficient (Wildman–Crippen LogP) is 0.885. The van der Waals surface area contributed by atoms with Crippen molar-refractivity contribution >= 4 is 23.4 Å². The Hall–Kier alpha value is -1.63. The molecule has 0 spiro atoms. The van der Waals surface area contributed by atoms with Crippen molar-refractivity contribution in [3.05, 3.63) is 34.9 Å². The van der Waals surface area contributed by atoms with E-state index in [-0.39, 0.29) is 11.8 Å². The van der Waals surface area contributed by atoms with Gasteiger partial charge in [-0.15, -0.1) is 0 Å². The molecule has 0 bridgehead atoms. The lowest BCUT2D eigenvalue weighted by Crippen LogP contribution is -2.52. The number of hydrogen-bond donors (Lipinski definition) is 0. The van der Waals surface area contributed by atoms with E-state index in [9.17, 15) is 9.59 Å². The van der Waals surface area contributed by atoms with Crippen molar-refractivity contribution in [2.24, 2.45) is 0 Å². The molecule has 2 aliphatic heterocycles. The number of nitrogens with zero attached hydrogens (tertiary/aromatic N) is 3. The van der Waals surface area contributed by atoms with Crippen LogP contribution in [0.25, 0.3) is 0 Å². The van der Waals surface area contributed by atoms with E-state index >= 15 is 0 Å². The van der Waals surface area contributed by atoms with Gasteiger partial charge >= 0.3 is 0 Å². The normalized spacial score (nSPS) is 19.1. The highest BCUT2D eigenvalue weighted by Crippen LogP contribution is 2.12. The number of piperazine rings is 1. The summed E-state index contributed by atoms with van der Waals surface area (Å²) in [6, 6.07) is 7.38. The molecule has 7 heteroatoms. The number of carbonyl (C=O) groups is 2. The number of hydrogen-bond acceptors (Lipinski definition) is 4. The highest BCUT2D eigenvalue weighted by atomic mass is 35.5. The molecule has 6 nitrogen and oxygen atoms in total. The number of carbonyl (C=O) groups excluding carboxylic acids is 2. The van der Waals surface area contributed by atoms with Gasteiger partial charge < -0.3 is 14.5 Å². The number of halogens is 1. The van der Waals surface area contributed by atoms with Crippen LogP contribution in [0.3, 0.4) is 0 Å². The first-order valence-electron chi connectivity index (χ1n) is 8.72. The van der Waals surface area contributed by atoms with Crippen LogP contribution in [0.2, 0.25) is 5.02 Å². The number of amides is 2. The SMILES string of the molecule is O=C(Cc1ccc(Cl)cc1)N1CCN(CC(=O)N2CCOCC2)CC1. The van der Waals surface area contributed by atoms with Crippen LogP contribution in [-0.4, -0.2) is 85.5 Å². The Labute approximate surface area is 153 Å². The molecule has 0 aromatic heterocycles. The Kier molecular flexibility index (Phi) is 6.29. The molecule has 136 valence electrons. The van der Waals surface area contributed by atoms with Gasteiger partial charge in [0.15, 0.2) is 0 Å². The van der Waals surface area contributed by atoms with Gasteiger partial charge in [0.25, 0.3) is 0 Å². The summed E-state index contributed by atoms with van der Waals surface area (Å²) in [6.07, 6.45) is 0.393. The first-order valence-corrected chi connectivity index (χ1v) is 9.10. The molecule has 2 saturated heterocycles. The zero-order valence-electron chi connectivity index (χ0n) is 14.3. The minimum absolute atomic E-state index is 0.126. The molecular weight excluding hydrogens is 342 g/mol. The third-order valence-corrected chi connectivity index (χ3v) is 4.97. The van der Waals surface area contributed by atoms with Gasteiger partial charge in [-0.05, 0) is 17.7 Å². The summed E-state index contributed by atoms with van der Waals surface area (Å²) in [4.78, 5) is 30.6. The maximum absolute atomic E-state index is 12.4. The summed E-state index contributed by atoms with van der Waals surface area (Å²) in [5.74, 6) is 0.283. The number of ether oxygens (including phenoxy) is 1. The highest BCUT2D eigenvalue weighted by molar-refractivity contribution is 6.30. The van der Waals surface area contributed by atoms with Crippen LogP contribution in [0.1, 0.15) is 5.56 Å².